The molecule has 2 aliphatic rings. The van der Waals surface area contributed by atoms with Gasteiger partial charge in [-0.1, -0.05) is 23.7 Å². The van der Waals surface area contributed by atoms with Crippen molar-refractivity contribution in [1.29, 1.82) is 0 Å². The average molecular weight is 318 g/mol. The van der Waals surface area contributed by atoms with E-state index in [1.54, 1.807) is 4.68 Å². The van der Waals surface area contributed by atoms with Gasteiger partial charge in [0, 0.05) is 24.0 Å². The first-order valence-electron chi connectivity index (χ1n) is 7.53. The van der Waals surface area contributed by atoms with E-state index in [1.807, 2.05) is 24.3 Å². The fourth-order valence-corrected chi connectivity index (χ4v) is 2.77. The van der Waals surface area contributed by atoms with Crippen LogP contribution in [0.5, 0.6) is 5.88 Å². The lowest BCUT2D eigenvalue weighted by Crippen LogP contribution is -2.26. The Hall–Kier alpha value is -2.01. The predicted octanol–water partition coefficient (Wildman–Crippen LogP) is 2.88. The second-order valence-electron chi connectivity index (χ2n) is 5.71. The third kappa shape index (κ3) is 2.46. The number of nitrogens with zero attached hydrogens (tertiary/aromatic N) is 2. The van der Waals surface area contributed by atoms with E-state index in [0.717, 1.165) is 36.9 Å². The number of carbonyl (C=O) groups is 1. The summed E-state index contributed by atoms with van der Waals surface area (Å²) in [5, 5.41) is 8.14. The van der Waals surface area contributed by atoms with Crippen molar-refractivity contribution in [2.75, 3.05) is 6.61 Å². The van der Waals surface area contributed by atoms with E-state index >= 15 is 0 Å². The number of hydrogen-bond acceptors (Lipinski definition) is 3. The lowest BCUT2D eigenvalue weighted by molar-refractivity contribution is 0.0945. The maximum atomic E-state index is 12.5. The zero-order chi connectivity index (χ0) is 15.1. The number of halogens is 1. The van der Waals surface area contributed by atoms with Crippen LogP contribution in [0.2, 0.25) is 5.02 Å². The normalized spacial score (nSPS) is 16.8. The van der Waals surface area contributed by atoms with Gasteiger partial charge in [0.05, 0.1) is 12.2 Å². The predicted molar refractivity (Wildman–Crippen MR) is 83.3 cm³/mol. The highest BCUT2D eigenvalue weighted by molar-refractivity contribution is 6.30. The molecular weight excluding hydrogens is 302 g/mol. The molecule has 0 radical (unpaired) electrons. The van der Waals surface area contributed by atoms with Crippen molar-refractivity contribution >= 4 is 17.5 Å². The SMILES string of the molecule is O=C(NC1CC1)c1nn2c(c1-c1ccc(Cl)cc1)OCCC2. The highest BCUT2D eigenvalue weighted by Crippen LogP contribution is 2.36. The Morgan fingerprint density at radius 2 is 2.09 bits per heavy atom. The molecule has 1 aliphatic heterocycles. The van der Waals surface area contributed by atoms with Gasteiger partial charge in [-0.2, -0.15) is 5.10 Å². The first kappa shape index (κ1) is 13.6. The standard InChI is InChI=1S/C16H16ClN3O2/c17-11-4-2-10(3-5-11)13-14(15(21)18-12-6-7-12)19-20-8-1-9-22-16(13)20/h2-5,12H,1,6-9H2,(H,18,21). The minimum atomic E-state index is -0.127. The molecule has 0 atom stereocenters. The number of hydrogen-bond donors (Lipinski definition) is 1. The number of nitrogens with one attached hydrogen (secondary N) is 1. The highest BCUT2D eigenvalue weighted by Gasteiger charge is 2.30. The number of aromatic nitrogens is 2. The third-order valence-electron chi connectivity index (χ3n) is 3.92. The van der Waals surface area contributed by atoms with Crippen LogP contribution < -0.4 is 10.1 Å². The molecule has 0 unspecified atom stereocenters. The molecule has 1 aromatic heterocycles. The molecule has 22 heavy (non-hydrogen) atoms. The zero-order valence-electron chi connectivity index (χ0n) is 12.0. The van der Waals surface area contributed by atoms with Gasteiger partial charge in [0.15, 0.2) is 5.69 Å². The van der Waals surface area contributed by atoms with Gasteiger partial charge >= 0.3 is 0 Å². The van der Waals surface area contributed by atoms with Crippen molar-refractivity contribution in [3.05, 3.63) is 35.0 Å². The van der Waals surface area contributed by atoms with E-state index in [0.29, 0.717) is 29.2 Å². The first-order chi connectivity index (χ1) is 10.7. The number of ether oxygens (including phenoxy) is 1. The molecule has 1 fully saturated rings. The van der Waals surface area contributed by atoms with Gasteiger partial charge in [0.2, 0.25) is 5.88 Å². The van der Waals surface area contributed by atoms with E-state index in [1.165, 1.54) is 0 Å². The Morgan fingerprint density at radius 3 is 2.82 bits per heavy atom. The quantitative estimate of drug-likeness (QED) is 0.947. The highest BCUT2D eigenvalue weighted by atomic mass is 35.5. The summed E-state index contributed by atoms with van der Waals surface area (Å²) in [7, 11) is 0. The molecule has 2 heterocycles. The molecule has 0 bridgehead atoms. The van der Waals surface area contributed by atoms with Crippen molar-refractivity contribution in [1.82, 2.24) is 15.1 Å². The second-order valence-corrected chi connectivity index (χ2v) is 6.14. The molecular formula is C16H16ClN3O2. The smallest absolute Gasteiger partial charge is 0.272 e. The second kappa shape index (κ2) is 5.32. The molecule has 4 rings (SSSR count). The van der Waals surface area contributed by atoms with Crippen LogP contribution in [0.25, 0.3) is 11.1 Å². The molecule has 5 nitrogen and oxygen atoms in total. The Kier molecular flexibility index (Phi) is 3.30. The van der Waals surface area contributed by atoms with Crippen molar-refractivity contribution in [2.45, 2.75) is 31.8 Å². The topological polar surface area (TPSA) is 56.2 Å². The lowest BCUT2D eigenvalue weighted by atomic mass is 10.1. The summed E-state index contributed by atoms with van der Waals surface area (Å²) in [6, 6.07) is 7.71. The number of benzene rings is 1. The summed E-state index contributed by atoms with van der Waals surface area (Å²) >= 11 is 5.96. The van der Waals surface area contributed by atoms with E-state index in [4.69, 9.17) is 16.3 Å². The van der Waals surface area contributed by atoms with Crippen LogP contribution in [0.3, 0.4) is 0 Å². The van der Waals surface area contributed by atoms with Gasteiger partial charge < -0.3 is 10.1 Å². The van der Waals surface area contributed by atoms with E-state index in [2.05, 4.69) is 10.4 Å². The molecule has 1 aromatic carbocycles. The average Bonchev–Trinajstić information content (AvgIpc) is 3.25. The maximum absolute atomic E-state index is 12.5. The Morgan fingerprint density at radius 1 is 1.32 bits per heavy atom. The molecule has 2 aromatic rings. The van der Waals surface area contributed by atoms with E-state index < -0.39 is 0 Å². The Labute approximate surface area is 133 Å². The van der Waals surface area contributed by atoms with E-state index in [9.17, 15) is 4.79 Å². The molecule has 1 N–H and O–H groups in total. The summed E-state index contributed by atoms with van der Waals surface area (Å²) in [4.78, 5) is 12.5. The maximum Gasteiger partial charge on any atom is 0.272 e. The van der Waals surface area contributed by atoms with Crippen molar-refractivity contribution < 1.29 is 9.53 Å². The summed E-state index contributed by atoms with van der Waals surface area (Å²) in [6.45, 7) is 1.42. The van der Waals surface area contributed by atoms with Crippen LogP contribution in [0.1, 0.15) is 29.8 Å². The molecule has 0 saturated heterocycles. The Balaban J connectivity index is 1.80. The lowest BCUT2D eigenvalue weighted by Gasteiger charge is -2.16. The van der Waals surface area contributed by atoms with Gasteiger partial charge in [0.25, 0.3) is 5.91 Å². The molecule has 1 amide bonds. The molecule has 1 aliphatic carbocycles. The fourth-order valence-electron chi connectivity index (χ4n) is 2.64. The van der Waals surface area contributed by atoms with Crippen LogP contribution in [-0.4, -0.2) is 28.3 Å². The van der Waals surface area contributed by atoms with Crippen LogP contribution in [-0.2, 0) is 6.54 Å². The minimum absolute atomic E-state index is 0.127. The monoisotopic (exact) mass is 317 g/mol. The first-order valence-corrected chi connectivity index (χ1v) is 7.90. The van der Waals surface area contributed by atoms with Crippen molar-refractivity contribution in [3.63, 3.8) is 0 Å². The number of aryl methyl sites for hydroxylation is 1. The Bertz CT molecular complexity index is 720. The van der Waals surface area contributed by atoms with Gasteiger partial charge in [-0.05, 0) is 30.5 Å². The van der Waals surface area contributed by atoms with Gasteiger partial charge in [-0.15, -0.1) is 0 Å². The summed E-state index contributed by atoms with van der Waals surface area (Å²) in [6.07, 6.45) is 3.00. The number of rotatable bonds is 3. The van der Waals surface area contributed by atoms with Crippen LogP contribution >= 0.6 is 11.6 Å². The van der Waals surface area contributed by atoms with Crippen molar-refractivity contribution in [3.8, 4) is 17.0 Å². The zero-order valence-corrected chi connectivity index (χ0v) is 12.8. The molecule has 0 spiro atoms. The summed E-state index contributed by atoms with van der Waals surface area (Å²) in [5.74, 6) is 0.549. The third-order valence-corrected chi connectivity index (χ3v) is 4.17. The molecule has 114 valence electrons. The number of fused-ring (bicyclic) bond motifs is 1. The van der Waals surface area contributed by atoms with E-state index in [-0.39, 0.29) is 5.91 Å². The van der Waals surface area contributed by atoms with Gasteiger partial charge in [0.1, 0.15) is 0 Å². The fraction of sp³-hybridized carbons (Fsp3) is 0.375. The molecule has 1 saturated carbocycles. The molecule has 6 heteroatoms. The minimum Gasteiger partial charge on any atom is -0.477 e. The number of carbonyl (C=O) groups excluding carboxylic acids is 1. The van der Waals surface area contributed by atoms with Crippen molar-refractivity contribution in [2.24, 2.45) is 0 Å². The summed E-state index contributed by atoms with van der Waals surface area (Å²) in [5.41, 5.74) is 2.09. The van der Waals surface area contributed by atoms with Crippen LogP contribution in [0, 0.1) is 0 Å². The van der Waals surface area contributed by atoms with Gasteiger partial charge in [-0.3, -0.25) is 4.79 Å². The van der Waals surface area contributed by atoms with Crippen LogP contribution in [0.15, 0.2) is 24.3 Å². The van der Waals surface area contributed by atoms with Gasteiger partial charge in [-0.25, -0.2) is 4.68 Å². The van der Waals surface area contributed by atoms with Crippen LogP contribution in [0.4, 0.5) is 0 Å². The summed E-state index contributed by atoms with van der Waals surface area (Å²) < 4.78 is 7.57. The largest absolute Gasteiger partial charge is 0.477 e. The number of amides is 1.